The lowest BCUT2D eigenvalue weighted by Crippen LogP contribution is -2.30. The summed E-state index contributed by atoms with van der Waals surface area (Å²) >= 11 is 3.45. The van der Waals surface area contributed by atoms with Gasteiger partial charge in [0.05, 0.1) is 11.0 Å². The summed E-state index contributed by atoms with van der Waals surface area (Å²) in [5, 5.41) is 0.809. The summed E-state index contributed by atoms with van der Waals surface area (Å²) in [4.78, 5) is 2.28. The molecule has 16 heavy (non-hydrogen) atoms. The molecule has 1 heterocycles. The zero-order valence-electron chi connectivity index (χ0n) is 10.2. The summed E-state index contributed by atoms with van der Waals surface area (Å²) in [5.74, 6) is 1.06. The van der Waals surface area contributed by atoms with Crippen LogP contribution >= 0.6 is 15.9 Å². The molecular weight excluding hydrogens is 290 g/mol. The largest absolute Gasteiger partial charge is 0.302 e. The molecule has 0 spiro atoms. The first-order chi connectivity index (χ1) is 7.45. The van der Waals surface area contributed by atoms with Gasteiger partial charge in [0.25, 0.3) is 0 Å². The molecular formula is C11H22BrNO2S. The third kappa shape index (κ3) is 4.34. The number of nitrogens with zero attached hydrogens (tertiary/aromatic N) is 1. The van der Waals surface area contributed by atoms with E-state index in [1.165, 1.54) is 12.8 Å². The van der Waals surface area contributed by atoms with E-state index in [1.54, 1.807) is 13.8 Å². The first kappa shape index (κ1) is 14.5. The van der Waals surface area contributed by atoms with Crippen LogP contribution in [-0.4, -0.2) is 49.3 Å². The lowest BCUT2D eigenvalue weighted by molar-refractivity contribution is 0.341. The molecule has 0 N–H and O–H groups in total. The minimum Gasteiger partial charge on any atom is -0.302 e. The van der Waals surface area contributed by atoms with Crippen molar-refractivity contribution >= 4 is 25.8 Å². The molecule has 1 saturated heterocycles. The van der Waals surface area contributed by atoms with Gasteiger partial charge < -0.3 is 4.90 Å². The highest BCUT2D eigenvalue weighted by Crippen LogP contribution is 2.20. The van der Waals surface area contributed by atoms with Gasteiger partial charge in [0, 0.05) is 18.4 Å². The Morgan fingerprint density at radius 2 is 2.12 bits per heavy atom. The Morgan fingerprint density at radius 1 is 1.44 bits per heavy atom. The van der Waals surface area contributed by atoms with Crippen molar-refractivity contribution in [3.8, 4) is 0 Å². The van der Waals surface area contributed by atoms with E-state index in [0.29, 0.717) is 12.3 Å². The number of alkyl halides is 1. The van der Waals surface area contributed by atoms with Crippen molar-refractivity contribution < 1.29 is 8.42 Å². The minimum atomic E-state index is -2.87. The minimum absolute atomic E-state index is 0.242. The van der Waals surface area contributed by atoms with Gasteiger partial charge in [-0.1, -0.05) is 15.9 Å². The Hall–Kier alpha value is 0.390. The SMILES string of the molecule is CC(C)S(=O)(=O)CCN1CCC(CCBr)C1. The van der Waals surface area contributed by atoms with E-state index in [2.05, 4.69) is 20.8 Å². The zero-order chi connectivity index (χ0) is 12.2. The first-order valence-corrected chi connectivity index (χ1v) is 8.79. The van der Waals surface area contributed by atoms with Crippen LogP contribution in [0.5, 0.6) is 0 Å². The van der Waals surface area contributed by atoms with Crippen LogP contribution in [0.1, 0.15) is 26.7 Å². The van der Waals surface area contributed by atoms with E-state index in [9.17, 15) is 8.42 Å². The maximum atomic E-state index is 11.7. The Labute approximate surface area is 108 Å². The fourth-order valence-corrected chi connectivity index (χ4v) is 3.63. The maximum Gasteiger partial charge on any atom is 0.153 e. The molecule has 5 heteroatoms. The van der Waals surface area contributed by atoms with Gasteiger partial charge in [0.1, 0.15) is 0 Å². The van der Waals surface area contributed by atoms with Crippen LogP contribution in [0, 0.1) is 5.92 Å². The van der Waals surface area contributed by atoms with Crippen molar-refractivity contribution in [2.45, 2.75) is 31.9 Å². The molecule has 0 saturated carbocycles. The lowest BCUT2D eigenvalue weighted by atomic mass is 10.1. The van der Waals surface area contributed by atoms with Crippen molar-refractivity contribution in [3.05, 3.63) is 0 Å². The fourth-order valence-electron chi connectivity index (χ4n) is 2.00. The predicted molar refractivity (Wildman–Crippen MR) is 71.9 cm³/mol. The van der Waals surface area contributed by atoms with Crippen LogP contribution in [0.25, 0.3) is 0 Å². The highest BCUT2D eigenvalue weighted by molar-refractivity contribution is 9.09. The molecule has 0 amide bonds. The third-order valence-electron chi connectivity index (χ3n) is 3.30. The number of hydrogen-bond donors (Lipinski definition) is 0. The van der Waals surface area contributed by atoms with Crippen LogP contribution < -0.4 is 0 Å². The van der Waals surface area contributed by atoms with Crippen molar-refractivity contribution in [2.75, 3.05) is 30.7 Å². The number of rotatable bonds is 6. The van der Waals surface area contributed by atoms with Gasteiger partial charge in [0.15, 0.2) is 9.84 Å². The number of likely N-dealkylation sites (tertiary alicyclic amines) is 1. The van der Waals surface area contributed by atoms with Gasteiger partial charge in [-0.15, -0.1) is 0 Å². The molecule has 1 aliphatic rings. The molecule has 0 radical (unpaired) electrons. The van der Waals surface area contributed by atoms with Gasteiger partial charge >= 0.3 is 0 Å². The topological polar surface area (TPSA) is 37.4 Å². The molecule has 1 atom stereocenters. The molecule has 1 rings (SSSR count). The number of sulfone groups is 1. The van der Waals surface area contributed by atoms with E-state index in [4.69, 9.17) is 0 Å². The molecule has 0 bridgehead atoms. The van der Waals surface area contributed by atoms with E-state index in [1.807, 2.05) is 0 Å². The summed E-state index contributed by atoms with van der Waals surface area (Å²) in [5.41, 5.74) is 0. The Bertz CT molecular complexity index is 303. The first-order valence-electron chi connectivity index (χ1n) is 5.95. The summed E-state index contributed by atoms with van der Waals surface area (Å²) in [6, 6.07) is 0. The lowest BCUT2D eigenvalue weighted by Gasteiger charge is -2.16. The molecule has 0 aliphatic carbocycles. The van der Waals surface area contributed by atoms with Crippen molar-refractivity contribution in [2.24, 2.45) is 5.92 Å². The van der Waals surface area contributed by atoms with Crippen molar-refractivity contribution in [1.29, 1.82) is 0 Å². The highest BCUT2D eigenvalue weighted by Gasteiger charge is 2.24. The predicted octanol–water partition coefficient (Wildman–Crippen LogP) is 1.92. The Balaban J connectivity index is 2.30. The van der Waals surface area contributed by atoms with Crippen LogP contribution in [0.15, 0.2) is 0 Å². The summed E-state index contributed by atoms with van der Waals surface area (Å²) in [6.07, 6.45) is 2.42. The number of hydrogen-bond acceptors (Lipinski definition) is 3. The van der Waals surface area contributed by atoms with E-state index < -0.39 is 9.84 Å². The summed E-state index contributed by atoms with van der Waals surface area (Å²) in [6.45, 7) is 6.35. The van der Waals surface area contributed by atoms with Crippen LogP contribution in [0.4, 0.5) is 0 Å². The second kappa shape index (κ2) is 6.36. The molecule has 1 unspecified atom stereocenters. The fraction of sp³-hybridized carbons (Fsp3) is 1.00. The molecule has 0 aromatic heterocycles. The maximum absolute atomic E-state index is 11.7. The molecule has 1 fully saturated rings. The quantitative estimate of drug-likeness (QED) is 0.703. The van der Waals surface area contributed by atoms with Crippen LogP contribution in [-0.2, 0) is 9.84 Å². The highest BCUT2D eigenvalue weighted by atomic mass is 79.9. The molecule has 0 aromatic carbocycles. The molecule has 3 nitrogen and oxygen atoms in total. The van der Waals surface area contributed by atoms with Gasteiger partial charge in [-0.25, -0.2) is 8.42 Å². The molecule has 1 aliphatic heterocycles. The Kier molecular flexibility index (Phi) is 5.74. The van der Waals surface area contributed by atoms with Gasteiger partial charge in [0.2, 0.25) is 0 Å². The average Bonchev–Trinajstić information content (AvgIpc) is 2.63. The zero-order valence-corrected chi connectivity index (χ0v) is 12.6. The average molecular weight is 312 g/mol. The van der Waals surface area contributed by atoms with Gasteiger partial charge in [-0.3, -0.25) is 0 Å². The third-order valence-corrected chi connectivity index (χ3v) is 5.94. The normalized spacial score (nSPS) is 23.1. The van der Waals surface area contributed by atoms with E-state index in [-0.39, 0.29) is 5.25 Å². The smallest absolute Gasteiger partial charge is 0.153 e. The standard InChI is InChI=1S/C11H22BrNO2S/c1-10(2)16(14,15)8-7-13-6-4-11(9-13)3-5-12/h10-11H,3-9H2,1-2H3. The van der Waals surface area contributed by atoms with Gasteiger partial charge in [-0.2, -0.15) is 0 Å². The van der Waals surface area contributed by atoms with E-state index >= 15 is 0 Å². The van der Waals surface area contributed by atoms with Crippen LogP contribution in [0.2, 0.25) is 0 Å². The second-order valence-electron chi connectivity index (χ2n) is 4.85. The molecule has 96 valence electrons. The van der Waals surface area contributed by atoms with Crippen LogP contribution in [0.3, 0.4) is 0 Å². The van der Waals surface area contributed by atoms with E-state index in [0.717, 1.165) is 24.3 Å². The second-order valence-corrected chi connectivity index (χ2v) is 8.32. The summed E-state index contributed by atoms with van der Waals surface area (Å²) in [7, 11) is -2.87. The summed E-state index contributed by atoms with van der Waals surface area (Å²) < 4.78 is 23.3. The number of halogens is 1. The monoisotopic (exact) mass is 311 g/mol. The van der Waals surface area contributed by atoms with Gasteiger partial charge in [-0.05, 0) is 39.2 Å². The molecule has 0 aromatic rings. The van der Waals surface area contributed by atoms with Crippen molar-refractivity contribution in [3.63, 3.8) is 0 Å². The van der Waals surface area contributed by atoms with Crippen molar-refractivity contribution in [1.82, 2.24) is 4.90 Å². The Morgan fingerprint density at radius 3 is 2.69 bits per heavy atom.